The molecule has 2 fully saturated rings. The molecule has 0 aromatic carbocycles. The fourth-order valence-corrected chi connectivity index (χ4v) is 5.65. The van der Waals surface area contributed by atoms with E-state index in [0.29, 0.717) is 16.7 Å². The van der Waals surface area contributed by atoms with E-state index >= 15 is 0 Å². The highest BCUT2D eigenvalue weighted by molar-refractivity contribution is 4.91. The third kappa shape index (κ3) is 7.15. The molecule has 0 aromatic rings. The number of hydrogen-bond donors (Lipinski definition) is 0. The minimum Gasteiger partial charge on any atom is -0.347 e. The lowest BCUT2D eigenvalue weighted by Gasteiger charge is -2.45. The predicted molar refractivity (Wildman–Crippen MR) is 119 cm³/mol. The van der Waals surface area contributed by atoms with Gasteiger partial charge in [-0.25, -0.2) is 0 Å². The largest absolute Gasteiger partial charge is 0.347 e. The monoisotopic (exact) mass is 393 g/mol. The average molecular weight is 394 g/mol. The summed E-state index contributed by atoms with van der Waals surface area (Å²) in [4.78, 5) is 2.48. The van der Waals surface area contributed by atoms with E-state index < -0.39 is 0 Å². The third-order valence-electron chi connectivity index (χ3n) is 6.53. The first-order valence-corrected chi connectivity index (χ1v) is 11.6. The standard InChI is InChI=1S/C25H47NO2/c1-9-15-26(17-20(2)3)16-12-22-18-27-25(28-22)13-10-21(11-14-25)24(7,8)19-23(4,5)6/h9,20-22H,1,10-19H2,2-8H3. The van der Waals surface area contributed by atoms with Crippen LogP contribution in [0.25, 0.3) is 0 Å². The number of rotatable bonds is 9. The quantitative estimate of drug-likeness (QED) is 0.430. The fraction of sp³-hybridized carbons (Fsp3) is 0.920. The van der Waals surface area contributed by atoms with Gasteiger partial charge in [0.25, 0.3) is 0 Å². The molecule has 1 heterocycles. The van der Waals surface area contributed by atoms with Gasteiger partial charge in [0.1, 0.15) is 0 Å². The van der Waals surface area contributed by atoms with Gasteiger partial charge in [0.2, 0.25) is 0 Å². The van der Waals surface area contributed by atoms with Crippen molar-refractivity contribution in [1.82, 2.24) is 4.90 Å². The van der Waals surface area contributed by atoms with Crippen LogP contribution in [-0.4, -0.2) is 43.0 Å². The Morgan fingerprint density at radius 2 is 1.79 bits per heavy atom. The Balaban J connectivity index is 1.81. The molecule has 1 atom stereocenters. The first kappa shape index (κ1) is 23.9. The van der Waals surface area contributed by atoms with E-state index in [0.717, 1.165) is 51.4 Å². The maximum Gasteiger partial charge on any atom is 0.168 e. The Kier molecular flexibility index (Phi) is 8.21. The Bertz CT molecular complexity index is 483. The molecule has 1 spiro atoms. The summed E-state index contributed by atoms with van der Waals surface area (Å²) in [5.74, 6) is 1.16. The summed E-state index contributed by atoms with van der Waals surface area (Å²) >= 11 is 0. The Labute approximate surface area is 175 Å². The highest BCUT2D eigenvalue weighted by atomic mass is 16.7. The summed E-state index contributed by atoms with van der Waals surface area (Å²) in [5.41, 5.74) is 0.775. The molecule has 0 N–H and O–H groups in total. The van der Waals surface area contributed by atoms with Crippen LogP contribution in [0.5, 0.6) is 0 Å². The van der Waals surface area contributed by atoms with Crippen molar-refractivity contribution in [2.24, 2.45) is 22.7 Å². The molecule has 1 unspecified atom stereocenters. The van der Waals surface area contributed by atoms with Crippen molar-refractivity contribution in [2.75, 3.05) is 26.2 Å². The lowest BCUT2D eigenvalue weighted by molar-refractivity contribution is -0.198. The molecule has 1 saturated carbocycles. The maximum atomic E-state index is 6.51. The van der Waals surface area contributed by atoms with Gasteiger partial charge in [0.15, 0.2) is 5.79 Å². The zero-order valence-electron chi connectivity index (χ0n) is 19.9. The molecule has 3 nitrogen and oxygen atoms in total. The molecule has 2 aliphatic rings. The molecular formula is C25H47NO2. The van der Waals surface area contributed by atoms with E-state index in [2.05, 4.69) is 59.9 Å². The molecule has 3 heteroatoms. The second kappa shape index (κ2) is 9.62. The summed E-state index contributed by atoms with van der Waals surface area (Å²) in [5, 5.41) is 0. The smallest absolute Gasteiger partial charge is 0.168 e. The van der Waals surface area contributed by atoms with Crippen LogP contribution in [0.15, 0.2) is 12.7 Å². The Morgan fingerprint density at radius 1 is 1.14 bits per heavy atom. The SMILES string of the molecule is C=CCN(CCC1COC2(CCC(C(C)(C)CC(C)(C)C)CC2)O1)CC(C)C. The summed E-state index contributed by atoms with van der Waals surface area (Å²) in [6, 6.07) is 0. The Hall–Kier alpha value is -0.380. The zero-order valence-corrected chi connectivity index (χ0v) is 19.9. The van der Waals surface area contributed by atoms with Crippen molar-refractivity contribution in [2.45, 2.75) is 98.9 Å². The third-order valence-corrected chi connectivity index (χ3v) is 6.53. The van der Waals surface area contributed by atoms with Gasteiger partial charge in [0, 0.05) is 32.5 Å². The lowest BCUT2D eigenvalue weighted by Crippen LogP contribution is -2.40. The van der Waals surface area contributed by atoms with Gasteiger partial charge in [0.05, 0.1) is 12.7 Å². The highest BCUT2D eigenvalue weighted by Gasteiger charge is 2.47. The number of ether oxygens (including phenoxy) is 2. The summed E-state index contributed by atoms with van der Waals surface area (Å²) < 4.78 is 12.8. The van der Waals surface area contributed by atoms with Crippen molar-refractivity contribution in [3.05, 3.63) is 12.7 Å². The molecule has 28 heavy (non-hydrogen) atoms. The Morgan fingerprint density at radius 3 is 2.32 bits per heavy atom. The van der Waals surface area contributed by atoms with Gasteiger partial charge in [-0.2, -0.15) is 0 Å². The molecule has 0 radical (unpaired) electrons. The molecule has 0 aromatic heterocycles. The number of hydrogen-bond acceptors (Lipinski definition) is 3. The van der Waals surface area contributed by atoms with Crippen LogP contribution < -0.4 is 0 Å². The summed E-state index contributed by atoms with van der Waals surface area (Å²) in [6.07, 6.45) is 9.17. The van der Waals surface area contributed by atoms with Crippen molar-refractivity contribution in [3.8, 4) is 0 Å². The number of nitrogens with zero attached hydrogens (tertiary/aromatic N) is 1. The molecule has 1 saturated heterocycles. The average Bonchev–Trinajstić information content (AvgIpc) is 2.93. The van der Waals surface area contributed by atoms with Crippen LogP contribution in [0, 0.1) is 22.7 Å². The van der Waals surface area contributed by atoms with E-state index in [9.17, 15) is 0 Å². The maximum absolute atomic E-state index is 6.51. The van der Waals surface area contributed by atoms with Crippen LogP contribution in [0.4, 0.5) is 0 Å². The molecular weight excluding hydrogens is 346 g/mol. The second-order valence-corrected chi connectivity index (χ2v) is 11.7. The van der Waals surface area contributed by atoms with Gasteiger partial charge in [-0.05, 0) is 48.3 Å². The van der Waals surface area contributed by atoms with Crippen LogP contribution in [-0.2, 0) is 9.47 Å². The lowest BCUT2D eigenvalue weighted by atomic mass is 9.64. The topological polar surface area (TPSA) is 21.7 Å². The molecule has 164 valence electrons. The van der Waals surface area contributed by atoms with Crippen molar-refractivity contribution >= 4 is 0 Å². The molecule has 1 aliphatic heterocycles. The predicted octanol–water partition coefficient (Wildman–Crippen LogP) is 6.28. The molecule has 0 bridgehead atoms. The zero-order chi connectivity index (χ0) is 21.0. The van der Waals surface area contributed by atoms with E-state index in [-0.39, 0.29) is 11.9 Å². The van der Waals surface area contributed by atoms with Crippen LogP contribution >= 0.6 is 0 Å². The minimum absolute atomic E-state index is 0.249. The van der Waals surface area contributed by atoms with E-state index in [4.69, 9.17) is 9.47 Å². The first-order chi connectivity index (χ1) is 12.9. The molecule has 1 aliphatic carbocycles. The summed E-state index contributed by atoms with van der Waals surface area (Å²) in [6.45, 7) is 24.4. The van der Waals surface area contributed by atoms with Gasteiger partial charge in [-0.3, -0.25) is 4.90 Å². The van der Waals surface area contributed by atoms with E-state index in [1.807, 2.05) is 6.08 Å². The van der Waals surface area contributed by atoms with Crippen LogP contribution in [0.1, 0.15) is 87.0 Å². The fourth-order valence-electron chi connectivity index (χ4n) is 5.65. The van der Waals surface area contributed by atoms with Gasteiger partial charge in [-0.15, -0.1) is 6.58 Å². The first-order valence-electron chi connectivity index (χ1n) is 11.6. The van der Waals surface area contributed by atoms with Gasteiger partial charge < -0.3 is 9.47 Å². The molecule has 0 amide bonds. The summed E-state index contributed by atoms with van der Waals surface area (Å²) in [7, 11) is 0. The van der Waals surface area contributed by atoms with E-state index in [1.165, 1.54) is 19.3 Å². The van der Waals surface area contributed by atoms with Crippen molar-refractivity contribution < 1.29 is 9.47 Å². The molecule has 2 rings (SSSR count). The van der Waals surface area contributed by atoms with Gasteiger partial charge >= 0.3 is 0 Å². The highest BCUT2D eigenvalue weighted by Crippen LogP contribution is 2.49. The van der Waals surface area contributed by atoms with Gasteiger partial charge in [-0.1, -0.05) is 54.5 Å². The second-order valence-electron chi connectivity index (χ2n) is 11.7. The van der Waals surface area contributed by atoms with E-state index in [1.54, 1.807) is 0 Å². The van der Waals surface area contributed by atoms with Crippen molar-refractivity contribution in [3.63, 3.8) is 0 Å². The van der Waals surface area contributed by atoms with Crippen molar-refractivity contribution in [1.29, 1.82) is 0 Å². The van der Waals surface area contributed by atoms with Crippen LogP contribution in [0.2, 0.25) is 0 Å². The minimum atomic E-state index is -0.291. The normalized spacial score (nSPS) is 29.2. The van der Waals surface area contributed by atoms with Crippen LogP contribution in [0.3, 0.4) is 0 Å².